The number of rotatable bonds is 7. The van der Waals surface area contributed by atoms with Crippen LogP contribution in [0.25, 0.3) is 0 Å². The van der Waals surface area contributed by atoms with Crippen LogP contribution in [0.3, 0.4) is 0 Å². The zero-order valence-corrected chi connectivity index (χ0v) is 12.9. The van der Waals surface area contributed by atoms with Crippen molar-refractivity contribution in [2.75, 3.05) is 6.54 Å². The molecule has 0 aromatic carbocycles. The lowest BCUT2D eigenvalue weighted by Crippen LogP contribution is -2.19. The number of nitrogens with one attached hydrogen (secondary N) is 1. The molecule has 0 fully saturated rings. The van der Waals surface area contributed by atoms with E-state index >= 15 is 0 Å². The molecule has 0 saturated carbocycles. The van der Waals surface area contributed by atoms with Crippen molar-refractivity contribution >= 4 is 0 Å². The summed E-state index contributed by atoms with van der Waals surface area (Å²) in [6.45, 7) is 12.4. The van der Waals surface area contributed by atoms with E-state index in [1.165, 1.54) is 11.3 Å². The Morgan fingerprint density at radius 1 is 1.25 bits per heavy atom. The van der Waals surface area contributed by atoms with Crippen molar-refractivity contribution in [2.45, 2.75) is 47.3 Å². The second-order valence-electron chi connectivity index (χ2n) is 5.70. The van der Waals surface area contributed by atoms with Crippen LogP contribution in [-0.4, -0.2) is 25.9 Å². The molecule has 2 aromatic heterocycles. The fourth-order valence-corrected chi connectivity index (χ4v) is 2.32. The van der Waals surface area contributed by atoms with Crippen LogP contribution in [0.15, 0.2) is 18.7 Å². The molecule has 5 heteroatoms. The molecule has 110 valence electrons. The summed E-state index contributed by atoms with van der Waals surface area (Å²) in [6, 6.07) is 0. The number of hydrogen-bond acceptors (Lipinski definition) is 3. The topological polar surface area (TPSA) is 47.7 Å². The Balaban J connectivity index is 1.97. The molecule has 2 rings (SSSR count). The standard InChI is InChI=1S/C15H25N5/c1-12(2)9-17-10-15-13(3)18-20(14(15)4)8-7-19-6-5-16-11-19/h5-6,11-12,17H,7-10H2,1-4H3. The van der Waals surface area contributed by atoms with E-state index in [0.29, 0.717) is 5.92 Å². The molecule has 20 heavy (non-hydrogen) atoms. The molecule has 0 bridgehead atoms. The maximum Gasteiger partial charge on any atom is 0.0946 e. The Labute approximate surface area is 121 Å². The minimum Gasteiger partial charge on any atom is -0.336 e. The van der Waals surface area contributed by atoms with Gasteiger partial charge in [-0.15, -0.1) is 0 Å². The van der Waals surface area contributed by atoms with Gasteiger partial charge in [0.25, 0.3) is 0 Å². The van der Waals surface area contributed by atoms with Crippen molar-refractivity contribution in [1.29, 1.82) is 0 Å². The minimum absolute atomic E-state index is 0.673. The molecule has 2 aromatic rings. The van der Waals surface area contributed by atoms with Gasteiger partial charge in [-0.05, 0) is 26.3 Å². The average Bonchev–Trinajstić information content (AvgIpc) is 2.99. The maximum atomic E-state index is 4.65. The zero-order valence-electron chi connectivity index (χ0n) is 12.9. The van der Waals surface area contributed by atoms with Crippen molar-refractivity contribution in [2.24, 2.45) is 5.92 Å². The SMILES string of the molecule is Cc1nn(CCn2ccnc2)c(C)c1CNCC(C)C. The molecule has 5 nitrogen and oxygen atoms in total. The van der Waals surface area contributed by atoms with E-state index in [1.807, 2.05) is 18.7 Å². The van der Waals surface area contributed by atoms with Crippen LogP contribution < -0.4 is 5.32 Å². The van der Waals surface area contributed by atoms with Crippen molar-refractivity contribution < 1.29 is 0 Å². The molecule has 0 unspecified atom stereocenters. The molecule has 0 spiro atoms. The lowest BCUT2D eigenvalue weighted by Gasteiger charge is -2.08. The van der Waals surface area contributed by atoms with Crippen LogP contribution in [0.2, 0.25) is 0 Å². The van der Waals surface area contributed by atoms with Gasteiger partial charge in [-0.2, -0.15) is 5.10 Å². The minimum atomic E-state index is 0.673. The van der Waals surface area contributed by atoms with Gasteiger partial charge in [-0.1, -0.05) is 13.8 Å². The number of hydrogen-bond donors (Lipinski definition) is 1. The lowest BCUT2D eigenvalue weighted by molar-refractivity contribution is 0.519. The third-order valence-corrected chi connectivity index (χ3v) is 3.51. The van der Waals surface area contributed by atoms with Gasteiger partial charge in [0.2, 0.25) is 0 Å². The van der Waals surface area contributed by atoms with E-state index in [1.54, 1.807) is 0 Å². The van der Waals surface area contributed by atoms with Gasteiger partial charge in [0, 0.05) is 36.7 Å². The molecule has 0 aliphatic rings. The van der Waals surface area contributed by atoms with Crippen LogP contribution in [0, 0.1) is 19.8 Å². The normalized spacial score (nSPS) is 11.4. The van der Waals surface area contributed by atoms with E-state index < -0.39 is 0 Å². The highest BCUT2D eigenvalue weighted by molar-refractivity contribution is 5.24. The molecule has 1 N–H and O–H groups in total. The molecule has 0 saturated heterocycles. The zero-order chi connectivity index (χ0) is 14.5. The van der Waals surface area contributed by atoms with Gasteiger partial charge in [0.1, 0.15) is 0 Å². The first-order valence-electron chi connectivity index (χ1n) is 7.27. The van der Waals surface area contributed by atoms with Crippen molar-refractivity contribution in [3.8, 4) is 0 Å². The highest BCUT2D eigenvalue weighted by Gasteiger charge is 2.11. The fraction of sp³-hybridized carbons (Fsp3) is 0.600. The van der Waals surface area contributed by atoms with Gasteiger partial charge < -0.3 is 9.88 Å². The molecule has 2 heterocycles. The first-order chi connectivity index (χ1) is 9.58. The third-order valence-electron chi connectivity index (χ3n) is 3.51. The summed E-state index contributed by atoms with van der Waals surface area (Å²) in [7, 11) is 0. The van der Waals surface area contributed by atoms with Gasteiger partial charge in [-0.25, -0.2) is 4.98 Å². The summed E-state index contributed by atoms with van der Waals surface area (Å²) in [5.41, 5.74) is 3.72. The summed E-state index contributed by atoms with van der Waals surface area (Å²) in [6.07, 6.45) is 5.63. The Morgan fingerprint density at radius 3 is 2.70 bits per heavy atom. The van der Waals surface area contributed by atoms with Crippen molar-refractivity contribution in [1.82, 2.24) is 24.6 Å². The largest absolute Gasteiger partial charge is 0.336 e. The Hall–Kier alpha value is -1.62. The second kappa shape index (κ2) is 6.70. The van der Waals surface area contributed by atoms with E-state index in [-0.39, 0.29) is 0 Å². The number of nitrogens with zero attached hydrogens (tertiary/aromatic N) is 4. The van der Waals surface area contributed by atoms with Gasteiger partial charge >= 0.3 is 0 Å². The summed E-state index contributed by atoms with van der Waals surface area (Å²) < 4.78 is 4.18. The monoisotopic (exact) mass is 275 g/mol. The Kier molecular flexibility index (Phi) is 4.95. The Morgan fingerprint density at radius 2 is 2.05 bits per heavy atom. The van der Waals surface area contributed by atoms with Gasteiger partial charge in [0.15, 0.2) is 0 Å². The molecule has 0 radical (unpaired) electrons. The van der Waals surface area contributed by atoms with E-state index in [2.05, 4.69) is 52.3 Å². The molecule has 0 aliphatic carbocycles. The Bertz CT molecular complexity index is 525. The first-order valence-corrected chi connectivity index (χ1v) is 7.27. The summed E-state index contributed by atoms with van der Waals surface area (Å²) >= 11 is 0. The van der Waals surface area contributed by atoms with E-state index in [0.717, 1.165) is 31.9 Å². The predicted octanol–water partition coefficient (Wildman–Crippen LogP) is 2.14. The van der Waals surface area contributed by atoms with Gasteiger partial charge in [0.05, 0.1) is 18.6 Å². The number of imidazole rings is 1. The predicted molar refractivity (Wildman–Crippen MR) is 80.5 cm³/mol. The second-order valence-corrected chi connectivity index (χ2v) is 5.70. The van der Waals surface area contributed by atoms with Crippen LogP contribution in [0.5, 0.6) is 0 Å². The van der Waals surface area contributed by atoms with E-state index in [4.69, 9.17) is 0 Å². The third kappa shape index (κ3) is 3.70. The van der Waals surface area contributed by atoms with Crippen LogP contribution in [0.1, 0.15) is 30.8 Å². The molecule has 0 atom stereocenters. The van der Waals surface area contributed by atoms with Crippen LogP contribution >= 0.6 is 0 Å². The lowest BCUT2D eigenvalue weighted by atomic mass is 10.2. The smallest absolute Gasteiger partial charge is 0.0946 e. The number of aromatic nitrogens is 4. The van der Waals surface area contributed by atoms with Crippen LogP contribution in [0.4, 0.5) is 0 Å². The summed E-state index contributed by atoms with van der Waals surface area (Å²) in [5.74, 6) is 0.673. The van der Waals surface area contributed by atoms with Gasteiger partial charge in [-0.3, -0.25) is 4.68 Å². The highest BCUT2D eigenvalue weighted by atomic mass is 15.3. The molecule has 0 aliphatic heterocycles. The van der Waals surface area contributed by atoms with Crippen molar-refractivity contribution in [3.05, 3.63) is 35.7 Å². The van der Waals surface area contributed by atoms with Crippen LogP contribution in [-0.2, 0) is 19.6 Å². The first kappa shape index (κ1) is 14.8. The molecular formula is C15H25N5. The average molecular weight is 275 g/mol. The number of aryl methyl sites for hydroxylation is 3. The fourth-order valence-electron chi connectivity index (χ4n) is 2.32. The van der Waals surface area contributed by atoms with E-state index in [9.17, 15) is 0 Å². The molecule has 0 amide bonds. The molecular weight excluding hydrogens is 250 g/mol. The summed E-state index contributed by atoms with van der Waals surface area (Å²) in [5, 5.41) is 8.15. The quantitative estimate of drug-likeness (QED) is 0.842. The maximum absolute atomic E-state index is 4.65. The van der Waals surface area contributed by atoms with Crippen molar-refractivity contribution in [3.63, 3.8) is 0 Å². The highest BCUT2D eigenvalue weighted by Crippen LogP contribution is 2.13. The summed E-state index contributed by atoms with van der Waals surface area (Å²) in [4.78, 5) is 4.06.